The summed E-state index contributed by atoms with van der Waals surface area (Å²) in [5.41, 5.74) is 3.49. The van der Waals surface area contributed by atoms with Crippen LogP contribution >= 0.6 is 0 Å². The fourth-order valence-corrected chi connectivity index (χ4v) is 3.30. The van der Waals surface area contributed by atoms with E-state index in [1.807, 2.05) is 0 Å². The van der Waals surface area contributed by atoms with E-state index in [2.05, 4.69) is 32.0 Å². The van der Waals surface area contributed by atoms with Crippen LogP contribution in [0.15, 0.2) is 34.7 Å². The van der Waals surface area contributed by atoms with Crippen LogP contribution in [0.25, 0.3) is 0 Å². The summed E-state index contributed by atoms with van der Waals surface area (Å²) in [6.45, 7) is 6.08. The maximum atomic E-state index is 12.5. The first-order valence-electron chi connectivity index (χ1n) is 8.68. The van der Waals surface area contributed by atoms with Crippen molar-refractivity contribution in [2.24, 2.45) is 0 Å². The van der Waals surface area contributed by atoms with Crippen molar-refractivity contribution >= 4 is 11.8 Å². The molecule has 0 N–H and O–H groups in total. The molecule has 1 aromatic heterocycles. The Kier molecular flexibility index (Phi) is 5.42. The number of furan rings is 1. The van der Waals surface area contributed by atoms with Crippen molar-refractivity contribution in [3.8, 4) is 0 Å². The molecular formula is C20H24N2O4. The summed E-state index contributed by atoms with van der Waals surface area (Å²) in [6.07, 6.45) is 0. The number of amides is 2. The molecule has 6 nitrogen and oxygen atoms in total. The average molecular weight is 356 g/mol. The number of aryl methyl sites for hydroxylation is 2. The van der Waals surface area contributed by atoms with E-state index in [1.165, 1.54) is 16.0 Å². The van der Waals surface area contributed by atoms with Gasteiger partial charge in [0.1, 0.15) is 18.9 Å². The lowest BCUT2D eigenvalue weighted by molar-refractivity contribution is -0.135. The molecule has 2 heterocycles. The Hall–Kier alpha value is -2.60. The van der Waals surface area contributed by atoms with E-state index in [-0.39, 0.29) is 24.1 Å². The van der Waals surface area contributed by atoms with Crippen molar-refractivity contribution in [2.75, 3.05) is 26.7 Å². The zero-order chi connectivity index (χ0) is 18.7. The SMILES string of the molecule is COCc1ccc(C(=O)N2CCN(Cc3cc(C)cc(C)c3)C(=O)C2)o1. The van der Waals surface area contributed by atoms with E-state index in [0.29, 0.717) is 32.0 Å². The number of ether oxygens (including phenoxy) is 1. The number of hydrogen-bond acceptors (Lipinski definition) is 4. The largest absolute Gasteiger partial charge is 0.453 e. The predicted molar refractivity (Wildman–Crippen MR) is 96.7 cm³/mol. The molecular weight excluding hydrogens is 332 g/mol. The van der Waals surface area contributed by atoms with E-state index >= 15 is 0 Å². The number of carbonyl (C=O) groups is 2. The van der Waals surface area contributed by atoms with Gasteiger partial charge < -0.3 is 19.0 Å². The first-order valence-corrected chi connectivity index (χ1v) is 8.68. The summed E-state index contributed by atoms with van der Waals surface area (Å²) in [5, 5.41) is 0. The van der Waals surface area contributed by atoms with E-state index in [9.17, 15) is 9.59 Å². The van der Waals surface area contributed by atoms with Crippen molar-refractivity contribution < 1.29 is 18.7 Å². The minimum absolute atomic E-state index is 0.0487. The van der Waals surface area contributed by atoms with Gasteiger partial charge in [0, 0.05) is 26.7 Å². The molecule has 0 aliphatic carbocycles. The summed E-state index contributed by atoms with van der Waals surface area (Å²) in [6, 6.07) is 9.65. The zero-order valence-electron chi connectivity index (χ0n) is 15.4. The van der Waals surface area contributed by atoms with Crippen LogP contribution in [0, 0.1) is 13.8 Å². The molecule has 6 heteroatoms. The highest BCUT2D eigenvalue weighted by Crippen LogP contribution is 2.16. The van der Waals surface area contributed by atoms with Crippen LogP contribution in [0.3, 0.4) is 0 Å². The minimum atomic E-state index is -0.258. The molecule has 2 aromatic rings. The van der Waals surface area contributed by atoms with Crippen molar-refractivity contribution in [2.45, 2.75) is 27.0 Å². The molecule has 0 spiro atoms. The van der Waals surface area contributed by atoms with Gasteiger partial charge in [0.05, 0.1) is 0 Å². The molecule has 2 amide bonds. The summed E-state index contributed by atoms with van der Waals surface area (Å²) < 4.78 is 10.5. The number of methoxy groups -OCH3 is 1. The number of nitrogens with zero attached hydrogens (tertiary/aromatic N) is 2. The van der Waals surface area contributed by atoms with Gasteiger partial charge in [-0.15, -0.1) is 0 Å². The number of hydrogen-bond donors (Lipinski definition) is 0. The van der Waals surface area contributed by atoms with Gasteiger partial charge in [-0.3, -0.25) is 9.59 Å². The minimum Gasteiger partial charge on any atom is -0.453 e. The third kappa shape index (κ3) is 4.14. The van der Waals surface area contributed by atoms with Crippen LogP contribution in [0.5, 0.6) is 0 Å². The Morgan fingerprint density at radius 1 is 1.15 bits per heavy atom. The number of benzene rings is 1. The average Bonchev–Trinajstić information content (AvgIpc) is 3.04. The third-order valence-corrected chi connectivity index (χ3v) is 4.42. The molecule has 0 saturated carbocycles. The molecule has 3 rings (SSSR count). The first-order chi connectivity index (χ1) is 12.5. The Balaban J connectivity index is 1.62. The second-order valence-corrected chi connectivity index (χ2v) is 6.74. The second-order valence-electron chi connectivity index (χ2n) is 6.74. The molecule has 1 aliphatic heterocycles. The molecule has 0 radical (unpaired) electrons. The molecule has 1 aliphatic rings. The van der Waals surface area contributed by atoms with Gasteiger partial charge in [-0.05, 0) is 31.5 Å². The van der Waals surface area contributed by atoms with Crippen molar-refractivity contribution in [3.63, 3.8) is 0 Å². The van der Waals surface area contributed by atoms with Gasteiger partial charge in [0.15, 0.2) is 5.76 Å². The Labute approximate surface area is 153 Å². The van der Waals surface area contributed by atoms with Gasteiger partial charge in [-0.25, -0.2) is 0 Å². The molecule has 1 aromatic carbocycles. The van der Waals surface area contributed by atoms with Crippen molar-refractivity contribution in [1.29, 1.82) is 0 Å². The lowest BCUT2D eigenvalue weighted by Gasteiger charge is -2.34. The molecule has 1 saturated heterocycles. The van der Waals surface area contributed by atoms with Gasteiger partial charge in [-0.1, -0.05) is 29.3 Å². The van der Waals surface area contributed by atoms with Gasteiger partial charge in [0.2, 0.25) is 5.91 Å². The Morgan fingerprint density at radius 2 is 1.88 bits per heavy atom. The lowest BCUT2D eigenvalue weighted by atomic mass is 10.1. The quantitative estimate of drug-likeness (QED) is 0.826. The number of carbonyl (C=O) groups excluding carboxylic acids is 2. The zero-order valence-corrected chi connectivity index (χ0v) is 15.4. The highest BCUT2D eigenvalue weighted by atomic mass is 16.5. The normalized spacial score (nSPS) is 14.8. The van der Waals surface area contributed by atoms with Crippen molar-refractivity contribution in [3.05, 3.63) is 58.5 Å². The Bertz CT molecular complexity index is 792. The van der Waals surface area contributed by atoms with Crippen LogP contribution in [-0.2, 0) is 22.7 Å². The smallest absolute Gasteiger partial charge is 0.290 e. The summed E-state index contributed by atoms with van der Waals surface area (Å²) in [5.74, 6) is 0.530. The van der Waals surface area contributed by atoms with Crippen molar-refractivity contribution in [1.82, 2.24) is 9.80 Å². The third-order valence-electron chi connectivity index (χ3n) is 4.42. The summed E-state index contributed by atoms with van der Waals surface area (Å²) >= 11 is 0. The monoisotopic (exact) mass is 356 g/mol. The second kappa shape index (κ2) is 7.74. The molecule has 0 bridgehead atoms. The van der Waals surface area contributed by atoms with Gasteiger partial charge in [-0.2, -0.15) is 0 Å². The molecule has 0 atom stereocenters. The molecule has 1 fully saturated rings. The van der Waals surface area contributed by atoms with E-state index in [4.69, 9.17) is 9.15 Å². The highest BCUT2D eigenvalue weighted by molar-refractivity contribution is 5.95. The van der Waals surface area contributed by atoms with Crippen LogP contribution in [0.1, 0.15) is 33.0 Å². The number of rotatable bonds is 5. The highest BCUT2D eigenvalue weighted by Gasteiger charge is 2.29. The fourth-order valence-electron chi connectivity index (χ4n) is 3.30. The predicted octanol–water partition coefficient (Wildman–Crippen LogP) is 2.53. The summed E-state index contributed by atoms with van der Waals surface area (Å²) in [4.78, 5) is 28.4. The molecule has 0 unspecified atom stereocenters. The van der Waals surface area contributed by atoms with Crippen LogP contribution in [-0.4, -0.2) is 48.4 Å². The van der Waals surface area contributed by atoms with Crippen LogP contribution in [0.2, 0.25) is 0 Å². The van der Waals surface area contributed by atoms with Crippen LogP contribution in [0.4, 0.5) is 0 Å². The van der Waals surface area contributed by atoms with Gasteiger partial charge in [0.25, 0.3) is 5.91 Å². The van der Waals surface area contributed by atoms with E-state index < -0.39 is 0 Å². The van der Waals surface area contributed by atoms with E-state index in [1.54, 1.807) is 24.1 Å². The maximum Gasteiger partial charge on any atom is 0.290 e. The van der Waals surface area contributed by atoms with E-state index in [0.717, 1.165) is 5.56 Å². The fraction of sp³-hybridized carbons (Fsp3) is 0.400. The molecule has 138 valence electrons. The standard InChI is InChI=1S/C20H24N2O4/c1-14-8-15(2)10-16(9-14)11-21-6-7-22(12-19(21)23)20(24)18-5-4-17(26-18)13-25-3/h4-5,8-10H,6-7,11-13H2,1-3H3. The first kappa shape index (κ1) is 18.2. The number of piperazine rings is 1. The molecule has 26 heavy (non-hydrogen) atoms. The van der Waals surface area contributed by atoms with Gasteiger partial charge >= 0.3 is 0 Å². The lowest BCUT2D eigenvalue weighted by Crippen LogP contribution is -2.51. The Morgan fingerprint density at radius 3 is 2.54 bits per heavy atom. The maximum absolute atomic E-state index is 12.5. The topological polar surface area (TPSA) is 63.0 Å². The van der Waals surface area contributed by atoms with Crippen LogP contribution < -0.4 is 0 Å². The summed E-state index contributed by atoms with van der Waals surface area (Å²) in [7, 11) is 1.57.